The third-order valence-electron chi connectivity index (χ3n) is 23.2. The molecule has 8 aromatic carbocycles. The van der Waals surface area contributed by atoms with Gasteiger partial charge in [-0.2, -0.15) is 0 Å². The number of carbonyl (C=O) groups is 17. The highest BCUT2D eigenvalue weighted by Gasteiger charge is 2.39. The minimum absolute atomic E-state index is 0.0977. The van der Waals surface area contributed by atoms with Crippen LogP contribution in [0.3, 0.4) is 0 Å². The van der Waals surface area contributed by atoms with Crippen molar-refractivity contribution in [2.24, 2.45) is 35.5 Å². The molecule has 9 atom stereocenters. The molecule has 0 saturated heterocycles. The van der Waals surface area contributed by atoms with Gasteiger partial charge in [-0.15, -0.1) is 0 Å². The summed E-state index contributed by atoms with van der Waals surface area (Å²) in [7, 11) is 1.50. The molecule has 8 aromatic rings. The Balaban J connectivity index is 1.16. The lowest BCUT2D eigenvalue weighted by Gasteiger charge is -2.26. The maximum Gasteiger partial charge on any atom is 0.306 e. The topological polar surface area (TPSA) is 441 Å². The van der Waals surface area contributed by atoms with E-state index < -0.39 is 263 Å². The van der Waals surface area contributed by atoms with Crippen LogP contribution in [0.15, 0.2) is 237 Å². The number of aromatic hydroxyl groups is 1. The number of nitrogens with one attached hydrogen (secondary N) is 3. The van der Waals surface area contributed by atoms with E-state index >= 15 is 33.6 Å². The summed E-state index contributed by atoms with van der Waals surface area (Å²) in [5, 5.41) is 27.9. The van der Waals surface area contributed by atoms with Crippen LogP contribution in [0.25, 0.3) is 0 Å². The highest BCUT2D eigenvalue weighted by atomic mass is 16.6. The molecule has 30 heteroatoms. The van der Waals surface area contributed by atoms with Gasteiger partial charge in [0.1, 0.15) is 68.5 Å². The monoisotopic (exact) mass is 1890 g/mol. The number of carboxylic acids is 1. The number of ketones is 7. The predicted molar refractivity (Wildman–Crippen MR) is 504 cm³/mol. The highest BCUT2D eigenvalue weighted by Crippen LogP contribution is 2.32. The molecule has 8 rings (SSSR count). The molecule has 3 amide bonds. The predicted octanol–water partition coefficient (Wildman–Crippen LogP) is 13.7. The first-order valence-corrected chi connectivity index (χ1v) is 46.5. The van der Waals surface area contributed by atoms with Gasteiger partial charge in [0.2, 0.25) is 17.7 Å². The van der Waals surface area contributed by atoms with Crippen LogP contribution in [0.1, 0.15) is 186 Å². The molecule has 5 N–H and O–H groups in total. The summed E-state index contributed by atoms with van der Waals surface area (Å²) in [4.78, 5) is 246. The first kappa shape index (κ1) is 109. The van der Waals surface area contributed by atoms with Crippen LogP contribution < -0.4 is 16.0 Å². The Hall–Kier alpha value is -14.1. The van der Waals surface area contributed by atoms with Crippen molar-refractivity contribution < 1.29 is 130 Å². The second-order valence-electron chi connectivity index (χ2n) is 34.0. The lowest BCUT2D eigenvalue weighted by atomic mass is 9.78. The first-order valence-electron chi connectivity index (χ1n) is 46.5. The number of methoxy groups -OCH3 is 1. The van der Waals surface area contributed by atoms with Crippen LogP contribution in [-0.4, -0.2) is 155 Å². The summed E-state index contributed by atoms with van der Waals surface area (Å²) in [6.45, 7) is 0.599. The smallest absolute Gasteiger partial charge is 0.306 e. The standard InChI is InChI=1S/C108H123N3O27/c1-74(112)109-92(67-100(121)122)99(120)66-88(59-76-40-47-89(113)48-41-76)108(130)111-91(60-75-25-10-3-11-26-75)98(119)64-86(45-53-104(126)136-71-80-33-18-7-19-34-80)96(117)62-84(43-51-102(124)134-69-78-29-14-5-15-30-78)94(115)61-83(42-50-101(123)133-68-77-27-12-4-13-28-77)95(116)63-85(44-52-103(125)135-70-79-31-16-6-17-32-79)97(118)65-87(46-54-105(127)137-72-81-35-20-8-21-36-81)107(129)110-90(93(114)39-24-56-132-58-57-131-2)49-55-106(128)138-73-82-37-22-9-23-38-82/h3-23,25-38,40-41,47-48,83-88,90-92,113H,24,39,42-46,49-73H2,1-2H3,(H,109,112)(H,110,129)(H,111,130)(H,121,122)/t83-,84-,85-,86-,87-,88-,90-,91-,92+/m1/s1. The van der Waals surface area contributed by atoms with E-state index in [9.17, 15) is 58.2 Å². The van der Waals surface area contributed by atoms with Crippen molar-refractivity contribution in [3.05, 3.63) is 281 Å². The summed E-state index contributed by atoms with van der Waals surface area (Å²) in [6.07, 6.45) is -11.2. The van der Waals surface area contributed by atoms with Gasteiger partial charge < -0.3 is 64.1 Å². The maximum atomic E-state index is 15.9. The average Bonchev–Trinajstić information content (AvgIpc) is 0.834. The molecule has 732 valence electrons. The van der Waals surface area contributed by atoms with Crippen molar-refractivity contribution >= 4 is 100.0 Å². The second-order valence-corrected chi connectivity index (χ2v) is 34.0. The van der Waals surface area contributed by atoms with Gasteiger partial charge in [-0.05, 0) is 114 Å². The Morgan fingerprint density at radius 2 is 0.551 bits per heavy atom. The van der Waals surface area contributed by atoms with E-state index in [1.807, 2.05) is 0 Å². The lowest BCUT2D eigenvalue weighted by Crippen LogP contribution is -2.48. The molecule has 0 bridgehead atoms. The minimum atomic E-state index is -1.59. The summed E-state index contributed by atoms with van der Waals surface area (Å²) < 4.78 is 44.6. The SMILES string of the molecule is COCCOCCCC(=O)[C@@H](CCC(=O)OCc1ccccc1)NC(=O)[C@H](CCC(=O)OCc1ccccc1)CC(=O)[C@H](CCC(=O)OCc1ccccc1)CC(=O)[C@H](CCC(=O)OCc1ccccc1)CC(=O)[C@H](CCC(=O)OCc1ccccc1)CC(=O)[C@H](CCC(=O)OCc1ccccc1)CC(=O)[C@@H](Cc1ccccc1)NC(=O)[C@@H](CC(=O)[C@H](CC(=O)O)NC(C)=O)Cc1ccc(O)cc1. The molecule has 0 aliphatic carbocycles. The van der Waals surface area contributed by atoms with Crippen molar-refractivity contribution in [3.63, 3.8) is 0 Å². The number of amides is 3. The Morgan fingerprint density at radius 3 is 0.884 bits per heavy atom. The highest BCUT2D eigenvalue weighted by molar-refractivity contribution is 5.99. The number of carboxylic acid groups (broad SMARTS) is 1. The number of rotatable bonds is 67. The fourth-order valence-corrected chi connectivity index (χ4v) is 15.4. The molecule has 0 aliphatic rings. The van der Waals surface area contributed by atoms with E-state index in [1.165, 1.54) is 31.4 Å². The van der Waals surface area contributed by atoms with Gasteiger partial charge in [0.05, 0.1) is 37.8 Å². The fraction of sp³-hybridized carbons (Fsp3) is 0.398. The third kappa shape index (κ3) is 42.8. The van der Waals surface area contributed by atoms with Crippen LogP contribution in [0.2, 0.25) is 0 Å². The van der Waals surface area contributed by atoms with Crippen molar-refractivity contribution in [2.75, 3.05) is 26.9 Å². The van der Waals surface area contributed by atoms with Crippen molar-refractivity contribution in [2.45, 2.75) is 212 Å². The fourth-order valence-electron chi connectivity index (χ4n) is 15.4. The molecule has 0 fully saturated rings. The number of benzene rings is 8. The maximum absolute atomic E-state index is 15.9. The van der Waals surface area contributed by atoms with E-state index in [-0.39, 0.29) is 104 Å². The molecular formula is C108H123N3O27. The van der Waals surface area contributed by atoms with Gasteiger partial charge in [-0.25, -0.2) is 0 Å². The van der Waals surface area contributed by atoms with Crippen molar-refractivity contribution in [1.82, 2.24) is 16.0 Å². The second kappa shape index (κ2) is 61.1. The van der Waals surface area contributed by atoms with Gasteiger partial charge in [0, 0.05) is 140 Å². The number of ether oxygens (including phenoxy) is 8. The Labute approximate surface area is 803 Å². The van der Waals surface area contributed by atoms with E-state index in [2.05, 4.69) is 16.0 Å². The Morgan fingerprint density at radius 1 is 0.268 bits per heavy atom. The first-order chi connectivity index (χ1) is 66.6. The third-order valence-corrected chi connectivity index (χ3v) is 23.2. The average molecular weight is 1900 g/mol. The summed E-state index contributed by atoms with van der Waals surface area (Å²) in [5.74, 6) is -23.4. The molecule has 30 nitrogen and oxygen atoms in total. The number of Topliss-reactive ketones (excluding diaryl/α,β-unsaturated/α-hetero) is 7. The zero-order valence-electron chi connectivity index (χ0n) is 77.9. The quantitative estimate of drug-likeness (QED) is 0.0134. The molecule has 0 heterocycles. The molecule has 0 saturated carbocycles. The van der Waals surface area contributed by atoms with Crippen molar-refractivity contribution in [3.8, 4) is 5.75 Å². The van der Waals surface area contributed by atoms with E-state index in [0.29, 0.717) is 44.5 Å². The lowest BCUT2D eigenvalue weighted by molar-refractivity contribution is -0.147. The number of esters is 6. The molecule has 138 heavy (non-hydrogen) atoms. The molecule has 0 spiro atoms. The van der Waals surface area contributed by atoms with Gasteiger partial charge in [-0.1, -0.05) is 224 Å². The summed E-state index contributed by atoms with van der Waals surface area (Å²) in [6, 6.07) is 61.5. The molecule has 0 aromatic heterocycles. The minimum Gasteiger partial charge on any atom is -0.508 e. The van der Waals surface area contributed by atoms with Gasteiger partial charge in [0.25, 0.3) is 0 Å². The van der Waals surface area contributed by atoms with Crippen LogP contribution in [-0.2, 0) is 172 Å². The normalized spacial score (nSPS) is 13.0. The Bertz CT molecular complexity index is 5220. The van der Waals surface area contributed by atoms with Gasteiger partial charge in [0.15, 0.2) is 17.3 Å². The Kier molecular flexibility index (Phi) is 48.3. The van der Waals surface area contributed by atoms with Crippen LogP contribution in [0.5, 0.6) is 5.75 Å². The van der Waals surface area contributed by atoms with Gasteiger partial charge in [-0.3, -0.25) is 81.5 Å². The number of phenols is 1. The van der Waals surface area contributed by atoms with Crippen LogP contribution >= 0.6 is 0 Å². The van der Waals surface area contributed by atoms with Crippen molar-refractivity contribution in [1.29, 1.82) is 0 Å². The molecular weight excluding hydrogens is 1770 g/mol. The van der Waals surface area contributed by atoms with E-state index in [1.54, 1.807) is 212 Å². The number of aliphatic carboxylic acids is 1. The zero-order chi connectivity index (χ0) is 99.2. The van der Waals surface area contributed by atoms with Crippen LogP contribution in [0.4, 0.5) is 0 Å². The molecule has 0 radical (unpaired) electrons. The van der Waals surface area contributed by atoms with E-state index in [4.69, 9.17) is 37.9 Å². The van der Waals surface area contributed by atoms with E-state index in [0.717, 1.165) is 6.92 Å². The number of hydrogen-bond donors (Lipinski definition) is 5. The zero-order valence-corrected chi connectivity index (χ0v) is 77.9. The summed E-state index contributed by atoms with van der Waals surface area (Å²) >= 11 is 0. The molecule has 0 unspecified atom stereocenters. The number of phenolic OH excluding ortho intramolecular Hbond substituents is 1. The largest absolute Gasteiger partial charge is 0.508 e. The van der Waals surface area contributed by atoms with Gasteiger partial charge >= 0.3 is 41.8 Å². The summed E-state index contributed by atoms with van der Waals surface area (Å²) in [5.41, 5.74) is 4.64. The van der Waals surface area contributed by atoms with Crippen LogP contribution in [0, 0.1) is 35.5 Å². The number of carbonyl (C=O) groups excluding carboxylic acids is 16. The molecule has 0 aliphatic heterocycles. The number of hydrogen-bond acceptors (Lipinski definition) is 26.